The Bertz CT molecular complexity index is 433. The van der Waals surface area contributed by atoms with E-state index in [1.807, 2.05) is 0 Å². The molecule has 110 valence electrons. The lowest BCUT2D eigenvalue weighted by molar-refractivity contribution is 0.223. The molecule has 2 heteroatoms. The van der Waals surface area contributed by atoms with Gasteiger partial charge >= 0.3 is 0 Å². The first-order valence-corrected chi connectivity index (χ1v) is 8.27. The van der Waals surface area contributed by atoms with E-state index in [0.29, 0.717) is 12.1 Å². The molecule has 0 aromatic heterocycles. The molecule has 1 saturated carbocycles. The number of hydrogen-bond acceptors (Lipinski definition) is 2. The van der Waals surface area contributed by atoms with Crippen LogP contribution in [0.1, 0.15) is 56.7 Å². The Morgan fingerprint density at radius 1 is 1.05 bits per heavy atom. The van der Waals surface area contributed by atoms with E-state index in [0.717, 1.165) is 24.9 Å². The van der Waals surface area contributed by atoms with Gasteiger partial charge in [-0.25, -0.2) is 0 Å². The van der Waals surface area contributed by atoms with Crippen LogP contribution in [0.2, 0.25) is 0 Å². The Morgan fingerprint density at radius 3 is 2.60 bits per heavy atom. The minimum atomic E-state index is 0.531. The van der Waals surface area contributed by atoms with Gasteiger partial charge in [-0.05, 0) is 55.2 Å². The van der Waals surface area contributed by atoms with Gasteiger partial charge in [-0.1, -0.05) is 38.1 Å². The molecule has 0 spiro atoms. The topological polar surface area (TPSA) is 24.1 Å². The highest BCUT2D eigenvalue weighted by Crippen LogP contribution is 2.31. The standard InChI is InChI=1S/C18H28N2/c1-13-9-14(2)11-16(10-13)20-18-7-8-19-12-15-5-3-4-6-17(15)18/h3-6,13-14,16,18-20H,7-12H2,1-2H3. The maximum Gasteiger partial charge on any atom is 0.0337 e. The summed E-state index contributed by atoms with van der Waals surface area (Å²) in [6.45, 7) is 6.95. The molecule has 1 aliphatic heterocycles. The van der Waals surface area contributed by atoms with Gasteiger partial charge in [-0.2, -0.15) is 0 Å². The van der Waals surface area contributed by atoms with Gasteiger partial charge in [-0.3, -0.25) is 0 Å². The van der Waals surface area contributed by atoms with E-state index in [4.69, 9.17) is 0 Å². The zero-order chi connectivity index (χ0) is 13.9. The molecular formula is C18H28N2. The van der Waals surface area contributed by atoms with Crippen LogP contribution in [0.15, 0.2) is 24.3 Å². The van der Waals surface area contributed by atoms with Crippen molar-refractivity contribution in [2.45, 2.75) is 58.2 Å². The second-order valence-corrected chi connectivity index (χ2v) is 7.00. The van der Waals surface area contributed by atoms with Crippen molar-refractivity contribution < 1.29 is 0 Å². The number of hydrogen-bond donors (Lipinski definition) is 2. The number of benzene rings is 1. The molecule has 3 unspecified atom stereocenters. The van der Waals surface area contributed by atoms with E-state index in [9.17, 15) is 0 Å². The Morgan fingerprint density at radius 2 is 1.80 bits per heavy atom. The largest absolute Gasteiger partial charge is 0.313 e. The van der Waals surface area contributed by atoms with Crippen LogP contribution in [0.25, 0.3) is 0 Å². The third kappa shape index (κ3) is 3.24. The molecule has 20 heavy (non-hydrogen) atoms. The first kappa shape index (κ1) is 14.1. The van der Waals surface area contributed by atoms with Crippen LogP contribution in [0.4, 0.5) is 0 Å². The van der Waals surface area contributed by atoms with Crippen LogP contribution in [-0.2, 0) is 6.54 Å². The van der Waals surface area contributed by atoms with Crippen LogP contribution < -0.4 is 10.6 Å². The van der Waals surface area contributed by atoms with Crippen molar-refractivity contribution in [3.8, 4) is 0 Å². The van der Waals surface area contributed by atoms with E-state index in [-0.39, 0.29) is 0 Å². The first-order valence-electron chi connectivity index (χ1n) is 8.27. The van der Waals surface area contributed by atoms with Gasteiger partial charge < -0.3 is 10.6 Å². The van der Waals surface area contributed by atoms with Crippen molar-refractivity contribution in [2.75, 3.05) is 6.54 Å². The number of rotatable bonds is 2. The van der Waals surface area contributed by atoms with Crippen molar-refractivity contribution in [2.24, 2.45) is 11.8 Å². The van der Waals surface area contributed by atoms with Gasteiger partial charge in [-0.15, -0.1) is 0 Å². The van der Waals surface area contributed by atoms with Crippen LogP contribution in [0.3, 0.4) is 0 Å². The molecule has 0 radical (unpaired) electrons. The first-order chi connectivity index (χ1) is 9.72. The molecule has 1 aromatic carbocycles. The van der Waals surface area contributed by atoms with E-state index < -0.39 is 0 Å². The Hall–Kier alpha value is -0.860. The van der Waals surface area contributed by atoms with Crippen LogP contribution >= 0.6 is 0 Å². The predicted molar refractivity (Wildman–Crippen MR) is 84.6 cm³/mol. The maximum absolute atomic E-state index is 3.97. The summed E-state index contributed by atoms with van der Waals surface area (Å²) in [7, 11) is 0. The third-order valence-corrected chi connectivity index (χ3v) is 4.97. The lowest BCUT2D eigenvalue weighted by Crippen LogP contribution is -2.39. The summed E-state index contributed by atoms with van der Waals surface area (Å²) in [6, 6.07) is 10.2. The molecule has 0 bridgehead atoms. The highest BCUT2D eigenvalue weighted by atomic mass is 15.0. The Balaban J connectivity index is 1.73. The van der Waals surface area contributed by atoms with E-state index in [1.54, 1.807) is 0 Å². The van der Waals surface area contributed by atoms with E-state index in [1.165, 1.54) is 36.8 Å². The minimum Gasteiger partial charge on any atom is -0.313 e. The summed E-state index contributed by atoms with van der Waals surface area (Å²) in [4.78, 5) is 0. The fourth-order valence-electron chi connectivity index (χ4n) is 4.20. The summed E-state index contributed by atoms with van der Waals surface area (Å²) in [5.74, 6) is 1.74. The zero-order valence-electron chi connectivity index (χ0n) is 12.9. The van der Waals surface area contributed by atoms with Crippen molar-refractivity contribution in [1.82, 2.24) is 10.6 Å². The fourth-order valence-corrected chi connectivity index (χ4v) is 4.20. The molecule has 1 fully saturated rings. The second kappa shape index (κ2) is 6.28. The number of fused-ring (bicyclic) bond motifs is 1. The number of nitrogens with one attached hydrogen (secondary N) is 2. The van der Waals surface area contributed by atoms with Crippen LogP contribution in [0, 0.1) is 11.8 Å². The highest BCUT2D eigenvalue weighted by molar-refractivity contribution is 5.31. The van der Waals surface area contributed by atoms with Gasteiger partial charge in [0.2, 0.25) is 0 Å². The average Bonchev–Trinajstić information content (AvgIpc) is 2.61. The molecule has 3 atom stereocenters. The average molecular weight is 272 g/mol. The van der Waals surface area contributed by atoms with Gasteiger partial charge in [0.15, 0.2) is 0 Å². The van der Waals surface area contributed by atoms with E-state index >= 15 is 0 Å². The molecule has 1 aromatic rings. The summed E-state index contributed by atoms with van der Waals surface area (Å²) in [5.41, 5.74) is 2.99. The lowest BCUT2D eigenvalue weighted by atomic mass is 9.80. The Labute approximate surface area is 123 Å². The molecule has 1 aliphatic carbocycles. The third-order valence-electron chi connectivity index (χ3n) is 4.97. The molecular weight excluding hydrogens is 244 g/mol. The maximum atomic E-state index is 3.97. The monoisotopic (exact) mass is 272 g/mol. The molecule has 0 amide bonds. The molecule has 3 rings (SSSR count). The van der Waals surface area contributed by atoms with Gasteiger partial charge in [0, 0.05) is 18.6 Å². The van der Waals surface area contributed by atoms with Gasteiger partial charge in [0.05, 0.1) is 0 Å². The summed E-state index contributed by atoms with van der Waals surface area (Å²) < 4.78 is 0. The predicted octanol–water partition coefficient (Wildman–Crippen LogP) is 3.64. The molecule has 0 saturated heterocycles. The van der Waals surface area contributed by atoms with Crippen LogP contribution in [-0.4, -0.2) is 12.6 Å². The van der Waals surface area contributed by atoms with Crippen molar-refractivity contribution in [1.29, 1.82) is 0 Å². The van der Waals surface area contributed by atoms with Crippen molar-refractivity contribution in [3.63, 3.8) is 0 Å². The SMILES string of the molecule is CC1CC(C)CC(NC2CCNCc3ccccc32)C1. The highest BCUT2D eigenvalue weighted by Gasteiger charge is 2.27. The van der Waals surface area contributed by atoms with Gasteiger partial charge in [0.25, 0.3) is 0 Å². The molecule has 2 aliphatic rings. The minimum absolute atomic E-state index is 0.531. The molecule has 2 nitrogen and oxygen atoms in total. The summed E-state index contributed by atoms with van der Waals surface area (Å²) in [6.07, 6.45) is 5.30. The zero-order valence-corrected chi connectivity index (χ0v) is 12.9. The van der Waals surface area contributed by atoms with E-state index in [2.05, 4.69) is 48.7 Å². The van der Waals surface area contributed by atoms with Crippen molar-refractivity contribution >= 4 is 0 Å². The summed E-state index contributed by atoms with van der Waals surface area (Å²) >= 11 is 0. The van der Waals surface area contributed by atoms with Gasteiger partial charge in [0.1, 0.15) is 0 Å². The Kier molecular flexibility index (Phi) is 4.42. The van der Waals surface area contributed by atoms with Crippen LogP contribution in [0.5, 0.6) is 0 Å². The molecule has 2 N–H and O–H groups in total. The molecule has 1 heterocycles. The fraction of sp³-hybridized carbons (Fsp3) is 0.667. The normalized spacial score (nSPS) is 34.3. The van der Waals surface area contributed by atoms with Crippen molar-refractivity contribution in [3.05, 3.63) is 35.4 Å². The second-order valence-electron chi connectivity index (χ2n) is 7.00. The quantitative estimate of drug-likeness (QED) is 0.859. The lowest BCUT2D eigenvalue weighted by Gasteiger charge is -2.35. The summed E-state index contributed by atoms with van der Waals surface area (Å²) in [5, 5.41) is 7.52. The smallest absolute Gasteiger partial charge is 0.0337 e.